The van der Waals surface area contributed by atoms with Gasteiger partial charge in [-0.25, -0.2) is 0 Å². The maximum Gasteiger partial charge on any atom is 0.264 e. The Morgan fingerprint density at radius 3 is 2.71 bits per heavy atom. The van der Waals surface area contributed by atoms with Gasteiger partial charge in [-0.3, -0.25) is 0 Å². The molecule has 4 heteroatoms. The van der Waals surface area contributed by atoms with E-state index in [-0.39, 0.29) is 6.61 Å². The fourth-order valence-corrected chi connectivity index (χ4v) is 2.66. The number of nitrogens with zero attached hydrogens (tertiary/aromatic N) is 2. The molecule has 0 spiro atoms. The summed E-state index contributed by atoms with van der Waals surface area (Å²) in [4.78, 5) is 4.37. The van der Waals surface area contributed by atoms with Gasteiger partial charge < -0.3 is 9.26 Å². The molecule has 0 N–H and O–H groups in total. The van der Waals surface area contributed by atoms with Crippen LogP contribution in [0.2, 0.25) is 0 Å². The Morgan fingerprint density at radius 2 is 1.83 bits per heavy atom. The van der Waals surface area contributed by atoms with E-state index in [0.29, 0.717) is 11.7 Å². The standard InChI is InChI=1S/C20H16N2O2/c1-14-6-5-9-15-10-11-17(12-18(14)15)23-13-19-21-20(22-24-19)16-7-3-2-4-8-16/h2-12H,13H2,1H3. The molecular formula is C20H16N2O2. The van der Waals surface area contributed by atoms with E-state index in [0.717, 1.165) is 11.3 Å². The summed E-state index contributed by atoms with van der Waals surface area (Å²) in [6.45, 7) is 2.34. The quantitative estimate of drug-likeness (QED) is 0.544. The van der Waals surface area contributed by atoms with Crippen molar-refractivity contribution >= 4 is 10.8 Å². The van der Waals surface area contributed by atoms with Gasteiger partial charge in [-0.15, -0.1) is 0 Å². The predicted molar refractivity (Wildman–Crippen MR) is 92.8 cm³/mol. The van der Waals surface area contributed by atoms with E-state index < -0.39 is 0 Å². The average molecular weight is 316 g/mol. The van der Waals surface area contributed by atoms with Gasteiger partial charge in [-0.1, -0.05) is 59.8 Å². The van der Waals surface area contributed by atoms with Gasteiger partial charge in [-0.2, -0.15) is 4.98 Å². The molecule has 4 rings (SSSR count). The first kappa shape index (κ1) is 14.5. The highest BCUT2D eigenvalue weighted by Gasteiger charge is 2.09. The zero-order valence-corrected chi connectivity index (χ0v) is 13.3. The van der Waals surface area contributed by atoms with Gasteiger partial charge in [0.2, 0.25) is 5.82 Å². The molecule has 0 aliphatic rings. The first-order valence-electron chi connectivity index (χ1n) is 7.80. The molecule has 0 bridgehead atoms. The molecular weight excluding hydrogens is 300 g/mol. The molecule has 0 unspecified atom stereocenters. The van der Waals surface area contributed by atoms with Gasteiger partial charge in [0.25, 0.3) is 5.89 Å². The Balaban J connectivity index is 1.51. The zero-order valence-electron chi connectivity index (χ0n) is 13.3. The third kappa shape index (κ3) is 2.86. The second-order valence-corrected chi connectivity index (χ2v) is 5.62. The fourth-order valence-electron chi connectivity index (χ4n) is 2.66. The van der Waals surface area contributed by atoms with Crippen LogP contribution in [-0.2, 0) is 6.61 Å². The van der Waals surface area contributed by atoms with Crippen LogP contribution in [0, 0.1) is 6.92 Å². The van der Waals surface area contributed by atoms with Gasteiger partial charge in [-0.05, 0) is 35.4 Å². The van der Waals surface area contributed by atoms with Crippen LogP contribution in [0.3, 0.4) is 0 Å². The van der Waals surface area contributed by atoms with Gasteiger partial charge >= 0.3 is 0 Å². The van der Waals surface area contributed by atoms with Crippen LogP contribution in [0.15, 0.2) is 71.3 Å². The van der Waals surface area contributed by atoms with Crippen LogP contribution in [-0.4, -0.2) is 10.1 Å². The minimum atomic E-state index is 0.247. The molecule has 1 aromatic heterocycles. The largest absolute Gasteiger partial charge is 0.484 e. The van der Waals surface area contributed by atoms with E-state index in [9.17, 15) is 0 Å². The Kier molecular flexibility index (Phi) is 3.71. The van der Waals surface area contributed by atoms with Crippen molar-refractivity contribution in [2.75, 3.05) is 0 Å². The van der Waals surface area contributed by atoms with E-state index in [1.807, 2.05) is 42.5 Å². The minimum Gasteiger partial charge on any atom is -0.484 e. The summed E-state index contributed by atoms with van der Waals surface area (Å²) < 4.78 is 11.1. The highest BCUT2D eigenvalue weighted by atomic mass is 16.5. The lowest BCUT2D eigenvalue weighted by atomic mass is 10.1. The number of benzene rings is 3. The number of hydrogen-bond donors (Lipinski definition) is 0. The van der Waals surface area contributed by atoms with Crippen molar-refractivity contribution in [2.45, 2.75) is 13.5 Å². The molecule has 0 atom stereocenters. The van der Waals surface area contributed by atoms with Crippen LogP contribution in [0.25, 0.3) is 22.2 Å². The summed E-state index contributed by atoms with van der Waals surface area (Å²) in [5, 5.41) is 6.38. The highest BCUT2D eigenvalue weighted by molar-refractivity contribution is 5.86. The number of aryl methyl sites for hydroxylation is 1. The van der Waals surface area contributed by atoms with Crippen molar-refractivity contribution in [2.24, 2.45) is 0 Å². The van der Waals surface area contributed by atoms with Crippen LogP contribution < -0.4 is 4.74 Å². The number of aromatic nitrogens is 2. The number of hydrogen-bond acceptors (Lipinski definition) is 4. The third-order valence-electron chi connectivity index (χ3n) is 3.93. The van der Waals surface area contributed by atoms with E-state index in [1.54, 1.807) is 0 Å². The van der Waals surface area contributed by atoms with Crippen molar-refractivity contribution in [3.05, 3.63) is 78.2 Å². The van der Waals surface area contributed by atoms with Crippen LogP contribution in [0.1, 0.15) is 11.5 Å². The molecule has 3 aromatic carbocycles. The summed E-state index contributed by atoms with van der Waals surface area (Å²) in [6.07, 6.45) is 0. The molecule has 24 heavy (non-hydrogen) atoms. The Labute approximate surface area is 139 Å². The molecule has 4 nitrogen and oxygen atoms in total. The Bertz CT molecular complexity index is 977. The number of rotatable bonds is 4. The topological polar surface area (TPSA) is 48.2 Å². The van der Waals surface area contributed by atoms with E-state index in [1.165, 1.54) is 16.3 Å². The summed E-state index contributed by atoms with van der Waals surface area (Å²) in [6, 6.07) is 22.0. The lowest BCUT2D eigenvalue weighted by Crippen LogP contribution is -1.96. The lowest BCUT2D eigenvalue weighted by Gasteiger charge is -2.06. The number of fused-ring (bicyclic) bond motifs is 1. The molecule has 0 amide bonds. The van der Waals surface area contributed by atoms with E-state index in [4.69, 9.17) is 9.26 Å². The zero-order chi connectivity index (χ0) is 16.4. The molecule has 118 valence electrons. The van der Waals surface area contributed by atoms with Crippen LogP contribution in [0.5, 0.6) is 5.75 Å². The lowest BCUT2D eigenvalue weighted by molar-refractivity contribution is 0.243. The highest BCUT2D eigenvalue weighted by Crippen LogP contribution is 2.24. The van der Waals surface area contributed by atoms with E-state index >= 15 is 0 Å². The molecule has 0 fully saturated rings. The molecule has 0 saturated carbocycles. The van der Waals surface area contributed by atoms with Gasteiger partial charge in [0.1, 0.15) is 5.75 Å². The van der Waals surface area contributed by atoms with Gasteiger partial charge in [0.05, 0.1) is 0 Å². The van der Waals surface area contributed by atoms with Gasteiger partial charge in [0.15, 0.2) is 6.61 Å². The Morgan fingerprint density at radius 1 is 0.958 bits per heavy atom. The van der Waals surface area contributed by atoms with Crippen molar-refractivity contribution in [1.82, 2.24) is 10.1 Å². The van der Waals surface area contributed by atoms with Gasteiger partial charge in [0, 0.05) is 5.56 Å². The second-order valence-electron chi connectivity index (χ2n) is 5.62. The fraction of sp³-hybridized carbons (Fsp3) is 0.100. The summed E-state index contributed by atoms with van der Waals surface area (Å²) >= 11 is 0. The molecule has 0 saturated heterocycles. The predicted octanol–water partition coefficient (Wildman–Crippen LogP) is 4.78. The number of ether oxygens (including phenoxy) is 1. The summed E-state index contributed by atoms with van der Waals surface area (Å²) in [5.41, 5.74) is 2.15. The normalized spacial score (nSPS) is 10.9. The molecule has 0 aliphatic heterocycles. The van der Waals surface area contributed by atoms with Crippen molar-refractivity contribution in [3.8, 4) is 17.1 Å². The maximum atomic E-state index is 5.81. The maximum absolute atomic E-state index is 5.81. The summed E-state index contributed by atoms with van der Waals surface area (Å²) in [7, 11) is 0. The van der Waals surface area contributed by atoms with Crippen LogP contribution >= 0.6 is 0 Å². The first-order chi connectivity index (χ1) is 11.8. The smallest absolute Gasteiger partial charge is 0.264 e. The second kappa shape index (κ2) is 6.16. The molecule has 4 aromatic rings. The van der Waals surface area contributed by atoms with Crippen molar-refractivity contribution < 1.29 is 9.26 Å². The van der Waals surface area contributed by atoms with E-state index in [2.05, 4.69) is 41.3 Å². The van der Waals surface area contributed by atoms with Crippen molar-refractivity contribution in [1.29, 1.82) is 0 Å². The van der Waals surface area contributed by atoms with Crippen molar-refractivity contribution in [3.63, 3.8) is 0 Å². The van der Waals surface area contributed by atoms with Crippen LogP contribution in [0.4, 0.5) is 0 Å². The third-order valence-corrected chi connectivity index (χ3v) is 3.93. The first-order valence-corrected chi connectivity index (χ1v) is 7.80. The average Bonchev–Trinajstić information content (AvgIpc) is 3.10. The molecule has 0 aliphatic carbocycles. The molecule has 0 radical (unpaired) electrons. The monoisotopic (exact) mass is 316 g/mol. The Hall–Kier alpha value is -3.14. The molecule has 1 heterocycles. The SMILES string of the molecule is Cc1cccc2ccc(OCc3nc(-c4ccccc4)no3)cc12. The minimum absolute atomic E-state index is 0.247. The summed E-state index contributed by atoms with van der Waals surface area (Å²) in [5.74, 6) is 1.82.